The lowest BCUT2D eigenvalue weighted by atomic mass is 10.0. The molecule has 21 heavy (non-hydrogen) atoms. The van der Waals surface area contributed by atoms with Crippen molar-refractivity contribution < 1.29 is 4.74 Å². The number of rotatable bonds is 7. The van der Waals surface area contributed by atoms with Gasteiger partial charge in [-0.2, -0.15) is 5.10 Å². The van der Waals surface area contributed by atoms with Crippen LogP contribution in [-0.2, 0) is 6.54 Å². The van der Waals surface area contributed by atoms with Crippen molar-refractivity contribution in [1.29, 1.82) is 0 Å². The predicted octanol–water partition coefficient (Wildman–Crippen LogP) is 3.31. The molecule has 4 heteroatoms. The van der Waals surface area contributed by atoms with Crippen LogP contribution < -0.4 is 10.1 Å². The van der Waals surface area contributed by atoms with Gasteiger partial charge in [0, 0.05) is 6.54 Å². The number of ether oxygens (including phenoxy) is 1. The first-order valence-corrected chi connectivity index (χ1v) is 7.60. The van der Waals surface area contributed by atoms with E-state index < -0.39 is 0 Å². The Morgan fingerprint density at radius 2 is 1.95 bits per heavy atom. The van der Waals surface area contributed by atoms with Gasteiger partial charge in [-0.25, -0.2) is 0 Å². The first-order chi connectivity index (χ1) is 10.2. The summed E-state index contributed by atoms with van der Waals surface area (Å²) in [5.41, 5.74) is 3.60. The lowest BCUT2D eigenvalue weighted by molar-refractivity contribution is 0.398. The highest BCUT2D eigenvalue weighted by Crippen LogP contribution is 2.30. The Morgan fingerprint density at radius 1 is 1.24 bits per heavy atom. The van der Waals surface area contributed by atoms with E-state index in [9.17, 15) is 0 Å². The van der Waals surface area contributed by atoms with E-state index in [-0.39, 0.29) is 6.04 Å². The molecule has 1 unspecified atom stereocenters. The van der Waals surface area contributed by atoms with Crippen molar-refractivity contribution >= 4 is 0 Å². The number of methoxy groups -OCH3 is 1. The molecular formula is C17H25N3O. The standard InChI is InChI=1S/C17H25N3O/c1-5-11-20-17(15(21-4)12-19-20)16(18-6-2)14-9-7-13(3)8-10-14/h7-10,12,16,18H,5-6,11H2,1-4H3. The van der Waals surface area contributed by atoms with E-state index in [1.807, 2.05) is 10.9 Å². The summed E-state index contributed by atoms with van der Waals surface area (Å²) in [5.74, 6) is 0.843. The lowest BCUT2D eigenvalue weighted by Gasteiger charge is -2.21. The van der Waals surface area contributed by atoms with Crippen LogP contribution in [0.5, 0.6) is 5.75 Å². The van der Waals surface area contributed by atoms with Crippen LogP contribution in [0.4, 0.5) is 0 Å². The molecule has 1 N–H and O–H groups in total. The Balaban J connectivity index is 2.46. The van der Waals surface area contributed by atoms with Gasteiger partial charge in [0.2, 0.25) is 0 Å². The third kappa shape index (κ3) is 3.45. The second kappa shape index (κ2) is 7.27. The van der Waals surface area contributed by atoms with E-state index in [0.29, 0.717) is 0 Å². The van der Waals surface area contributed by atoms with Crippen LogP contribution in [0.25, 0.3) is 0 Å². The Hall–Kier alpha value is -1.81. The maximum atomic E-state index is 5.52. The second-order valence-electron chi connectivity index (χ2n) is 5.22. The zero-order chi connectivity index (χ0) is 15.2. The third-order valence-corrected chi connectivity index (χ3v) is 3.59. The highest BCUT2D eigenvalue weighted by Gasteiger charge is 2.22. The van der Waals surface area contributed by atoms with Gasteiger partial charge in [0.25, 0.3) is 0 Å². The summed E-state index contributed by atoms with van der Waals surface area (Å²) in [4.78, 5) is 0. The van der Waals surface area contributed by atoms with Gasteiger partial charge in [-0.3, -0.25) is 4.68 Å². The number of aryl methyl sites for hydroxylation is 2. The van der Waals surface area contributed by atoms with E-state index in [1.165, 1.54) is 11.1 Å². The SMILES string of the molecule is CCCn1ncc(OC)c1C(NCC)c1ccc(C)cc1. The molecule has 1 aromatic carbocycles. The Bertz CT molecular complexity index is 560. The van der Waals surface area contributed by atoms with Gasteiger partial charge < -0.3 is 10.1 Å². The molecule has 0 saturated heterocycles. The summed E-state index contributed by atoms with van der Waals surface area (Å²) in [5, 5.41) is 8.03. The van der Waals surface area contributed by atoms with E-state index >= 15 is 0 Å². The van der Waals surface area contributed by atoms with Crippen molar-refractivity contribution in [3.63, 3.8) is 0 Å². The maximum Gasteiger partial charge on any atom is 0.161 e. The van der Waals surface area contributed by atoms with Crippen LogP contribution in [0.15, 0.2) is 30.5 Å². The highest BCUT2D eigenvalue weighted by molar-refractivity contribution is 5.37. The third-order valence-electron chi connectivity index (χ3n) is 3.59. The van der Waals surface area contributed by atoms with Gasteiger partial charge in [-0.1, -0.05) is 43.7 Å². The summed E-state index contributed by atoms with van der Waals surface area (Å²) in [6.45, 7) is 8.17. The molecule has 0 bridgehead atoms. The second-order valence-corrected chi connectivity index (χ2v) is 5.22. The molecule has 0 fully saturated rings. The van der Waals surface area contributed by atoms with Crippen molar-refractivity contribution in [3.8, 4) is 5.75 Å². The fraction of sp³-hybridized carbons (Fsp3) is 0.471. The van der Waals surface area contributed by atoms with E-state index in [0.717, 1.165) is 31.0 Å². The molecule has 1 aromatic heterocycles. The Morgan fingerprint density at radius 3 is 2.52 bits per heavy atom. The molecule has 0 aliphatic carbocycles. The van der Waals surface area contributed by atoms with Gasteiger partial charge in [0.15, 0.2) is 5.75 Å². The molecule has 2 rings (SSSR count). The van der Waals surface area contributed by atoms with Gasteiger partial charge in [0.05, 0.1) is 19.3 Å². The number of hydrogen-bond donors (Lipinski definition) is 1. The predicted molar refractivity (Wildman–Crippen MR) is 85.8 cm³/mol. The Labute approximate surface area is 127 Å². The number of nitrogens with zero attached hydrogens (tertiary/aromatic N) is 2. The zero-order valence-electron chi connectivity index (χ0n) is 13.4. The van der Waals surface area contributed by atoms with Gasteiger partial charge in [0.1, 0.15) is 5.69 Å². The number of benzene rings is 1. The van der Waals surface area contributed by atoms with Crippen molar-refractivity contribution in [2.75, 3.05) is 13.7 Å². The smallest absolute Gasteiger partial charge is 0.161 e. The van der Waals surface area contributed by atoms with Crippen LogP contribution in [0, 0.1) is 6.92 Å². The van der Waals surface area contributed by atoms with Crippen LogP contribution in [-0.4, -0.2) is 23.4 Å². The van der Waals surface area contributed by atoms with Crippen LogP contribution in [0.2, 0.25) is 0 Å². The minimum Gasteiger partial charge on any atom is -0.493 e. The van der Waals surface area contributed by atoms with Crippen molar-refractivity contribution in [1.82, 2.24) is 15.1 Å². The maximum absolute atomic E-state index is 5.52. The molecule has 4 nitrogen and oxygen atoms in total. The summed E-state index contributed by atoms with van der Waals surface area (Å²) in [6, 6.07) is 8.73. The topological polar surface area (TPSA) is 39.1 Å². The largest absolute Gasteiger partial charge is 0.493 e. The molecule has 0 radical (unpaired) electrons. The van der Waals surface area contributed by atoms with Crippen molar-refractivity contribution in [3.05, 3.63) is 47.3 Å². The molecule has 1 atom stereocenters. The van der Waals surface area contributed by atoms with E-state index in [1.54, 1.807) is 7.11 Å². The molecule has 0 aliphatic rings. The summed E-state index contributed by atoms with van der Waals surface area (Å²) < 4.78 is 7.57. The first-order valence-electron chi connectivity index (χ1n) is 7.60. The van der Waals surface area contributed by atoms with Gasteiger partial charge in [-0.05, 0) is 25.5 Å². The number of hydrogen-bond acceptors (Lipinski definition) is 3. The molecule has 0 amide bonds. The highest BCUT2D eigenvalue weighted by atomic mass is 16.5. The van der Waals surface area contributed by atoms with Gasteiger partial charge >= 0.3 is 0 Å². The first kappa shape index (κ1) is 15.6. The zero-order valence-corrected chi connectivity index (χ0v) is 13.4. The molecule has 0 aliphatic heterocycles. The molecule has 1 heterocycles. The number of nitrogens with one attached hydrogen (secondary N) is 1. The Kier molecular flexibility index (Phi) is 5.39. The van der Waals surface area contributed by atoms with Gasteiger partial charge in [-0.15, -0.1) is 0 Å². The summed E-state index contributed by atoms with van der Waals surface area (Å²) in [7, 11) is 1.70. The quantitative estimate of drug-likeness (QED) is 0.849. The normalized spacial score (nSPS) is 12.4. The van der Waals surface area contributed by atoms with Crippen LogP contribution >= 0.6 is 0 Å². The van der Waals surface area contributed by atoms with Crippen LogP contribution in [0.3, 0.4) is 0 Å². The average molecular weight is 287 g/mol. The van der Waals surface area contributed by atoms with E-state index in [4.69, 9.17) is 4.74 Å². The number of aromatic nitrogens is 2. The molecule has 0 saturated carbocycles. The molecule has 114 valence electrons. The molecular weight excluding hydrogens is 262 g/mol. The minimum absolute atomic E-state index is 0.0969. The molecule has 0 spiro atoms. The van der Waals surface area contributed by atoms with Crippen molar-refractivity contribution in [2.24, 2.45) is 0 Å². The minimum atomic E-state index is 0.0969. The van der Waals surface area contributed by atoms with Crippen molar-refractivity contribution in [2.45, 2.75) is 39.8 Å². The molecule has 2 aromatic rings. The monoisotopic (exact) mass is 287 g/mol. The summed E-state index contributed by atoms with van der Waals surface area (Å²) >= 11 is 0. The van der Waals surface area contributed by atoms with E-state index in [2.05, 4.69) is 55.5 Å². The lowest BCUT2D eigenvalue weighted by Crippen LogP contribution is -2.25. The fourth-order valence-corrected chi connectivity index (χ4v) is 2.55. The average Bonchev–Trinajstić information content (AvgIpc) is 2.89. The fourth-order valence-electron chi connectivity index (χ4n) is 2.55. The summed E-state index contributed by atoms with van der Waals surface area (Å²) in [6.07, 6.45) is 2.86. The van der Waals surface area contributed by atoms with Crippen LogP contribution in [0.1, 0.15) is 43.1 Å².